The number of aryl methyl sites for hydroxylation is 1. The largest absolute Gasteiger partial charge is 0.326 e. The van der Waals surface area contributed by atoms with Gasteiger partial charge in [0.1, 0.15) is 5.82 Å². The molecule has 3 aromatic rings. The fourth-order valence-corrected chi connectivity index (χ4v) is 3.88. The first kappa shape index (κ1) is 21.6. The molecule has 0 saturated heterocycles. The van der Waals surface area contributed by atoms with Gasteiger partial charge in [-0.05, 0) is 49.7 Å². The standard InChI is InChI=1S/C25H21ClFN3O2/c1-15-8-10-18(11-9-15)28-24(31)22-16(2)30(19-12-13-21(27)20(26)14-19)25(32)29-23(22)17-6-4-3-5-7-17/h3-14,23H,1-2H3,(H,28,31)(H,29,32). The van der Waals surface area contributed by atoms with Crippen molar-refractivity contribution in [3.8, 4) is 0 Å². The molecule has 5 nitrogen and oxygen atoms in total. The van der Waals surface area contributed by atoms with Gasteiger partial charge in [-0.2, -0.15) is 0 Å². The molecular formula is C25H21ClFN3O2. The lowest BCUT2D eigenvalue weighted by Gasteiger charge is -2.36. The summed E-state index contributed by atoms with van der Waals surface area (Å²) in [7, 11) is 0. The van der Waals surface area contributed by atoms with Gasteiger partial charge in [0.05, 0.1) is 22.3 Å². The molecule has 4 rings (SSSR count). The average molecular weight is 450 g/mol. The number of amides is 3. The van der Waals surface area contributed by atoms with Gasteiger partial charge < -0.3 is 10.6 Å². The number of nitrogens with one attached hydrogen (secondary N) is 2. The van der Waals surface area contributed by atoms with Gasteiger partial charge in [0, 0.05) is 11.4 Å². The summed E-state index contributed by atoms with van der Waals surface area (Å²) in [5.41, 5.74) is 3.64. The van der Waals surface area contributed by atoms with Gasteiger partial charge in [-0.25, -0.2) is 9.18 Å². The van der Waals surface area contributed by atoms with Crippen molar-refractivity contribution in [1.29, 1.82) is 0 Å². The summed E-state index contributed by atoms with van der Waals surface area (Å²) in [5, 5.41) is 5.71. The zero-order chi connectivity index (χ0) is 22.8. The first-order valence-corrected chi connectivity index (χ1v) is 10.4. The Bertz CT molecular complexity index is 1210. The maximum absolute atomic E-state index is 13.7. The molecule has 0 saturated carbocycles. The minimum atomic E-state index is -0.652. The second-order valence-corrected chi connectivity index (χ2v) is 7.95. The number of hydrogen-bond donors (Lipinski definition) is 2. The number of carbonyl (C=O) groups excluding carboxylic acids is 2. The van der Waals surface area contributed by atoms with E-state index in [-0.39, 0.29) is 10.9 Å². The van der Waals surface area contributed by atoms with Crippen LogP contribution < -0.4 is 15.5 Å². The highest BCUT2D eigenvalue weighted by Gasteiger charge is 2.36. The highest BCUT2D eigenvalue weighted by molar-refractivity contribution is 6.31. The van der Waals surface area contributed by atoms with E-state index in [4.69, 9.17) is 11.6 Å². The molecule has 0 bridgehead atoms. The highest BCUT2D eigenvalue weighted by atomic mass is 35.5. The lowest BCUT2D eigenvalue weighted by Crippen LogP contribution is -2.48. The molecule has 7 heteroatoms. The molecule has 1 unspecified atom stereocenters. The van der Waals surface area contributed by atoms with Crippen molar-refractivity contribution in [3.05, 3.63) is 106 Å². The van der Waals surface area contributed by atoms with Gasteiger partial charge >= 0.3 is 6.03 Å². The highest BCUT2D eigenvalue weighted by Crippen LogP contribution is 2.35. The van der Waals surface area contributed by atoms with Crippen molar-refractivity contribution < 1.29 is 14.0 Å². The molecule has 0 radical (unpaired) electrons. The number of nitrogens with zero attached hydrogens (tertiary/aromatic N) is 1. The van der Waals surface area contributed by atoms with Gasteiger partial charge in [-0.15, -0.1) is 0 Å². The Morgan fingerprint density at radius 2 is 1.72 bits per heavy atom. The smallest absolute Gasteiger partial charge is 0.326 e. The molecule has 1 atom stereocenters. The summed E-state index contributed by atoms with van der Waals surface area (Å²) in [6.07, 6.45) is 0. The van der Waals surface area contributed by atoms with Crippen LogP contribution in [0.4, 0.5) is 20.6 Å². The van der Waals surface area contributed by atoms with Crippen LogP contribution in [0, 0.1) is 12.7 Å². The number of benzene rings is 3. The van der Waals surface area contributed by atoms with Crippen LogP contribution in [-0.4, -0.2) is 11.9 Å². The van der Waals surface area contributed by atoms with Crippen molar-refractivity contribution in [2.24, 2.45) is 0 Å². The van der Waals surface area contributed by atoms with Crippen LogP contribution in [0.5, 0.6) is 0 Å². The van der Waals surface area contributed by atoms with Gasteiger partial charge in [-0.1, -0.05) is 59.6 Å². The molecule has 2 N–H and O–H groups in total. The molecule has 1 aliphatic heterocycles. The molecule has 162 valence electrons. The number of hydrogen-bond acceptors (Lipinski definition) is 2. The molecule has 32 heavy (non-hydrogen) atoms. The van der Waals surface area contributed by atoms with Crippen LogP contribution >= 0.6 is 11.6 Å². The third-order valence-corrected chi connectivity index (χ3v) is 5.62. The van der Waals surface area contributed by atoms with Crippen LogP contribution in [0.3, 0.4) is 0 Å². The molecule has 0 aliphatic carbocycles. The molecule has 1 heterocycles. The Hall–Kier alpha value is -3.64. The zero-order valence-corrected chi connectivity index (χ0v) is 18.3. The first-order valence-electron chi connectivity index (χ1n) is 10.0. The van der Waals surface area contributed by atoms with Crippen molar-refractivity contribution in [3.63, 3.8) is 0 Å². The third-order valence-electron chi connectivity index (χ3n) is 5.33. The molecular weight excluding hydrogens is 429 g/mol. The number of rotatable bonds is 4. The summed E-state index contributed by atoms with van der Waals surface area (Å²) in [4.78, 5) is 27.8. The first-order chi connectivity index (χ1) is 15.3. The van der Waals surface area contributed by atoms with Gasteiger partial charge in [0.15, 0.2) is 0 Å². The maximum Gasteiger partial charge on any atom is 0.326 e. The molecule has 1 aliphatic rings. The fourth-order valence-electron chi connectivity index (χ4n) is 3.70. The molecule has 0 fully saturated rings. The van der Waals surface area contributed by atoms with E-state index >= 15 is 0 Å². The summed E-state index contributed by atoms with van der Waals surface area (Å²) in [5.74, 6) is -0.938. The molecule has 3 aromatic carbocycles. The molecule has 0 spiro atoms. The van der Waals surface area contributed by atoms with E-state index in [9.17, 15) is 14.0 Å². The number of urea groups is 1. The molecule has 0 aromatic heterocycles. The number of anilines is 2. The molecule has 3 amide bonds. The van der Waals surface area contributed by atoms with Crippen LogP contribution in [0.25, 0.3) is 0 Å². The minimum absolute atomic E-state index is 0.112. The van der Waals surface area contributed by atoms with E-state index in [1.807, 2.05) is 61.5 Å². The summed E-state index contributed by atoms with van der Waals surface area (Å²) in [6.45, 7) is 3.65. The Morgan fingerprint density at radius 1 is 1.03 bits per heavy atom. The van der Waals surface area contributed by atoms with E-state index < -0.39 is 17.9 Å². The zero-order valence-electron chi connectivity index (χ0n) is 17.5. The Morgan fingerprint density at radius 3 is 2.38 bits per heavy atom. The van der Waals surface area contributed by atoms with Crippen LogP contribution in [0.2, 0.25) is 5.02 Å². The normalized spacial score (nSPS) is 16.1. The number of allylic oxidation sites excluding steroid dienone is 1. The summed E-state index contributed by atoms with van der Waals surface area (Å²) >= 11 is 5.94. The maximum atomic E-state index is 13.7. The topological polar surface area (TPSA) is 61.4 Å². The van der Waals surface area contributed by atoms with Crippen molar-refractivity contribution in [2.45, 2.75) is 19.9 Å². The quantitative estimate of drug-likeness (QED) is 0.515. The predicted octanol–water partition coefficient (Wildman–Crippen LogP) is 5.97. The minimum Gasteiger partial charge on any atom is -0.326 e. The second-order valence-electron chi connectivity index (χ2n) is 7.55. The van der Waals surface area contributed by atoms with Crippen LogP contribution in [-0.2, 0) is 4.79 Å². The van der Waals surface area contributed by atoms with Crippen molar-refractivity contribution >= 4 is 34.9 Å². The summed E-state index contributed by atoms with van der Waals surface area (Å²) in [6, 6.07) is 19.6. The monoisotopic (exact) mass is 449 g/mol. The van der Waals surface area contributed by atoms with Gasteiger partial charge in [0.25, 0.3) is 5.91 Å². The second kappa shape index (κ2) is 8.85. The van der Waals surface area contributed by atoms with Crippen molar-refractivity contribution in [1.82, 2.24) is 5.32 Å². The Kier molecular flexibility index (Phi) is 5.97. The van der Waals surface area contributed by atoms with E-state index in [0.717, 1.165) is 11.1 Å². The Balaban J connectivity index is 1.80. The van der Waals surface area contributed by atoms with E-state index in [0.29, 0.717) is 22.6 Å². The van der Waals surface area contributed by atoms with E-state index in [1.165, 1.54) is 23.1 Å². The van der Waals surface area contributed by atoms with E-state index in [2.05, 4.69) is 10.6 Å². The van der Waals surface area contributed by atoms with Crippen molar-refractivity contribution in [2.75, 3.05) is 10.2 Å². The lowest BCUT2D eigenvalue weighted by molar-refractivity contribution is -0.113. The van der Waals surface area contributed by atoms with Crippen LogP contribution in [0.15, 0.2) is 84.1 Å². The number of carbonyl (C=O) groups is 2. The predicted molar refractivity (Wildman–Crippen MR) is 124 cm³/mol. The third kappa shape index (κ3) is 4.22. The van der Waals surface area contributed by atoms with Gasteiger partial charge in [-0.3, -0.25) is 9.69 Å². The fraction of sp³-hybridized carbons (Fsp3) is 0.120. The SMILES string of the molecule is CC1=C(C(=O)Nc2ccc(C)cc2)C(c2ccccc2)NC(=O)N1c1ccc(F)c(Cl)c1. The van der Waals surface area contributed by atoms with Gasteiger partial charge in [0.2, 0.25) is 0 Å². The average Bonchev–Trinajstić information content (AvgIpc) is 2.78. The van der Waals surface area contributed by atoms with Crippen LogP contribution in [0.1, 0.15) is 24.1 Å². The Labute approximate surface area is 190 Å². The number of halogens is 2. The summed E-state index contributed by atoms with van der Waals surface area (Å²) < 4.78 is 13.7. The lowest BCUT2D eigenvalue weighted by atomic mass is 9.94. The van der Waals surface area contributed by atoms with E-state index in [1.54, 1.807) is 6.92 Å².